The molecule has 0 aliphatic carbocycles. The Hall–Kier alpha value is -1.32. The lowest BCUT2D eigenvalue weighted by molar-refractivity contribution is 0.0496. The van der Waals surface area contributed by atoms with Gasteiger partial charge in [-0.25, -0.2) is 13.2 Å². The quantitative estimate of drug-likeness (QED) is 0.688. The SMILES string of the molecule is CC(=O)c1ccc(C(F)C(F)F)cc1. The molecule has 0 heterocycles. The second-order valence-electron chi connectivity index (χ2n) is 2.91. The standard InChI is InChI=1S/C10H9F3O/c1-6(14)7-2-4-8(5-3-7)9(11)10(12)13/h2-5,9-10H,1H3. The van der Waals surface area contributed by atoms with Gasteiger partial charge in [0, 0.05) is 5.56 Å². The Labute approximate surface area is 79.5 Å². The van der Waals surface area contributed by atoms with Gasteiger partial charge in [0.2, 0.25) is 0 Å². The van der Waals surface area contributed by atoms with Crippen molar-refractivity contribution in [1.82, 2.24) is 0 Å². The highest BCUT2D eigenvalue weighted by atomic mass is 19.3. The highest BCUT2D eigenvalue weighted by molar-refractivity contribution is 5.94. The first kappa shape index (κ1) is 10.8. The zero-order valence-corrected chi connectivity index (χ0v) is 7.51. The number of rotatable bonds is 3. The van der Waals surface area contributed by atoms with Gasteiger partial charge in [-0.05, 0) is 12.5 Å². The summed E-state index contributed by atoms with van der Waals surface area (Å²) in [6.45, 7) is 1.36. The Balaban J connectivity index is 2.88. The minimum atomic E-state index is -3.03. The van der Waals surface area contributed by atoms with Gasteiger partial charge in [-0.1, -0.05) is 24.3 Å². The highest BCUT2D eigenvalue weighted by Gasteiger charge is 2.21. The number of halogens is 3. The largest absolute Gasteiger partial charge is 0.295 e. The minimum Gasteiger partial charge on any atom is -0.295 e. The molecule has 14 heavy (non-hydrogen) atoms. The zero-order chi connectivity index (χ0) is 10.7. The topological polar surface area (TPSA) is 17.1 Å². The molecule has 0 spiro atoms. The maximum absolute atomic E-state index is 12.8. The van der Waals surface area contributed by atoms with Gasteiger partial charge in [0.05, 0.1) is 0 Å². The van der Waals surface area contributed by atoms with E-state index in [0.717, 1.165) is 0 Å². The number of alkyl halides is 3. The second-order valence-corrected chi connectivity index (χ2v) is 2.91. The number of hydrogen-bond donors (Lipinski definition) is 0. The van der Waals surface area contributed by atoms with Crippen LogP contribution >= 0.6 is 0 Å². The molecule has 0 aromatic heterocycles. The van der Waals surface area contributed by atoms with Crippen molar-refractivity contribution >= 4 is 5.78 Å². The summed E-state index contributed by atoms with van der Waals surface area (Å²) in [6.07, 6.45) is -5.31. The Morgan fingerprint density at radius 3 is 2.00 bits per heavy atom. The monoisotopic (exact) mass is 202 g/mol. The van der Waals surface area contributed by atoms with Crippen molar-refractivity contribution in [2.75, 3.05) is 0 Å². The molecular weight excluding hydrogens is 193 g/mol. The maximum Gasteiger partial charge on any atom is 0.273 e. The van der Waals surface area contributed by atoms with Crippen molar-refractivity contribution in [2.45, 2.75) is 19.5 Å². The molecule has 0 amide bonds. The molecule has 0 fully saturated rings. The van der Waals surface area contributed by atoms with E-state index < -0.39 is 12.6 Å². The molecule has 76 valence electrons. The molecule has 1 nitrogen and oxygen atoms in total. The van der Waals surface area contributed by atoms with E-state index in [-0.39, 0.29) is 11.3 Å². The van der Waals surface area contributed by atoms with Crippen LogP contribution in [0.5, 0.6) is 0 Å². The first-order valence-electron chi connectivity index (χ1n) is 4.05. The predicted octanol–water partition coefficient (Wildman–Crippen LogP) is 3.16. The van der Waals surface area contributed by atoms with Crippen molar-refractivity contribution in [2.24, 2.45) is 0 Å². The number of carbonyl (C=O) groups is 1. The first-order valence-corrected chi connectivity index (χ1v) is 4.05. The molecule has 1 unspecified atom stereocenters. The third kappa shape index (κ3) is 2.34. The Bertz CT molecular complexity index is 319. The number of carbonyl (C=O) groups excluding carboxylic acids is 1. The lowest BCUT2D eigenvalue weighted by Crippen LogP contribution is -2.03. The van der Waals surface area contributed by atoms with Crippen molar-refractivity contribution in [3.8, 4) is 0 Å². The summed E-state index contributed by atoms with van der Waals surface area (Å²) in [6, 6.07) is 5.08. The second kappa shape index (κ2) is 4.26. The van der Waals surface area contributed by atoms with Crippen LogP contribution in [0.25, 0.3) is 0 Å². The predicted molar refractivity (Wildman–Crippen MR) is 46.3 cm³/mol. The molecule has 1 aromatic carbocycles. The maximum atomic E-state index is 12.8. The van der Waals surface area contributed by atoms with E-state index in [1.807, 2.05) is 0 Å². The third-order valence-corrected chi connectivity index (χ3v) is 1.86. The molecule has 0 radical (unpaired) electrons. The third-order valence-electron chi connectivity index (χ3n) is 1.86. The summed E-state index contributed by atoms with van der Waals surface area (Å²) >= 11 is 0. The van der Waals surface area contributed by atoms with Gasteiger partial charge < -0.3 is 0 Å². The first-order chi connectivity index (χ1) is 6.52. The summed E-state index contributed by atoms with van der Waals surface area (Å²) < 4.78 is 36.6. The van der Waals surface area contributed by atoms with E-state index in [1.165, 1.54) is 31.2 Å². The number of hydrogen-bond acceptors (Lipinski definition) is 1. The highest BCUT2D eigenvalue weighted by Crippen LogP contribution is 2.24. The van der Waals surface area contributed by atoms with Gasteiger partial charge in [-0.15, -0.1) is 0 Å². The summed E-state index contributed by atoms with van der Waals surface area (Å²) in [5.74, 6) is -0.177. The average molecular weight is 202 g/mol. The van der Waals surface area contributed by atoms with Gasteiger partial charge in [0.1, 0.15) is 0 Å². The zero-order valence-electron chi connectivity index (χ0n) is 7.51. The fourth-order valence-corrected chi connectivity index (χ4v) is 1.05. The molecule has 0 N–H and O–H groups in total. The van der Waals surface area contributed by atoms with Crippen LogP contribution in [-0.2, 0) is 0 Å². The molecule has 0 saturated carbocycles. The summed E-state index contributed by atoms with van der Waals surface area (Å²) in [5, 5.41) is 0. The molecule has 1 atom stereocenters. The lowest BCUT2D eigenvalue weighted by Gasteiger charge is -2.06. The van der Waals surface area contributed by atoms with Gasteiger partial charge >= 0.3 is 0 Å². The fourth-order valence-electron chi connectivity index (χ4n) is 1.05. The molecule has 0 saturated heterocycles. The smallest absolute Gasteiger partial charge is 0.273 e. The minimum absolute atomic E-state index is 0.106. The molecule has 0 bridgehead atoms. The van der Waals surface area contributed by atoms with Crippen LogP contribution in [0.15, 0.2) is 24.3 Å². The Morgan fingerprint density at radius 2 is 1.64 bits per heavy atom. The summed E-state index contributed by atoms with van der Waals surface area (Å²) in [4.78, 5) is 10.8. The van der Waals surface area contributed by atoms with Crippen molar-refractivity contribution in [1.29, 1.82) is 0 Å². The normalized spacial score (nSPS) is 12.9. The molecular formula is C10H9F3O. The van der Waals surface area contributed by atoms with E-state index in [2.05, 4.69) is 0 Å². The van der Waals surface area contributed by atoms with Crippen LogP contribution in [0, 0.1) is 0 Å². The van der Waals surface area contributed by atoms with Crippen LogP contribution in [0.3, 0.4) is 0 Å². The molecule has 0 aliphatic heterocycles. The van der Waals surface area contributed by atoms with Gasteiger partial charge in [-0.2, -0.15) is 0 Å². The summed E-state index contributed by atoms with van der Waals surface area (Å²) in [5.41, 5.74) is 0.278. The number of benzene rings is 1. The van der Waals surface area contributed by atoms with Gasteiger partial charge in [-0.3, -0.25) is 4.79 Å². The van der Waals surface area contributed by atoms with Crippen LogP contribution in [-0.4, -0.2) is 12.2 Å². The van der Waals surface area contributed by atoms with Crippen molar-refractivity contribution in [3.63, 3.8) is 0 Å². The molecule has 1 aromatic rings. The van der Waals surface area contributed by atoms with Crippen molar-refractivity contribution < 1.29 is 18.0 Å². The summed E-state index contributed by atoms with van der Waals surface area (Å²) in [7, 11) is 0. The number of ketones is 1. The van der Waals surface area contributed by atoms with E-state index in [1.54, 1.807) is 0 Å². The lowest BCUT2D eigenvalue weighted by atomic mass is 10.1. The molecule has 4 heteroatoms. The van der Waals surface area contributed by atoms with E-state index in [9.17, 15) is 18.0 Å². The van der Waals surface area contributed by atoms with Crippen LogP contribution in [0.1, 0.15) is 29.0 Å². The Morgan fingerprint density at radius 1 is 1.14 bits per heavy atom. The fraction of sp³-hybridized carbons (Fsp3) is 0.300. The Kier molecular flexibility index (Phi) is 3.28. The average Bonchev–Trinajstić information content (AvgIpc) is 2.16. The van der Waals surface area contributed by atoms with Crippen molar-refractivity contribution in [3.05, 3.63) is 35.4 Å². The number of Topliss-reactive ketones (excluding diaryl/α,β-unsaturated/α-hetero) is 1. The van der Waals surface area contributed by atoms with Crippen LogP contribution in [0.2, 0.25) is 0 Å². The van der Waals surface area contributed by atoms with E-state index in [4.69, 9.17) is 0 Å². The van der Waals surface area contributed by atoms with E-state index >= 15 is 0 Å². The van der Waals surface area contributed by atoms with Gasteiger partial charge in [0.15, 0.2) is 12.0 Å². The van der Waals surface area contributed by atoms with Crippen LogP contribution < -0.4 is 0 Å². The van der Waals surface area contributed by atoms with Crippen LogP contribution in [0.4, 0.5) is 13.2 Å². The molecule has 1 rings (SSSR count). The molecule has 0 aliphatic rings. The van der Waals surface area contributed by atoms with E-state index in [0.29, 0.717) is 5.56 Å². The van der Waals surface area contributed by atoms with Gasteiger partial charge in [0.25, 0.3) is 6.43 Å².